The maximum Gasteiger partial charge on any atom is 0.273 e. The third-order valence-corrected chi connectivity index (χ3v) is 8.25. The van der Waals surface area contributed by atoms with Crippen LogP contribution in [0.1, 0.15) is 10.5 Å². The lowest BCUT2D eigenvalue weighted by Crippen LogP contribution is -2.50. The molecule has 0 atom stereocenters. The lowest BCUT2D eigenvalue weighted by molar-refractivity contribution is 0.0692. The Morgan fingerprint density at radius 2 is 1.79 bits per heavy atom. The van der Waals surface area contributed by atoms with Gasteiger partial charge in [-0.1, -0.05) is 18.2 Å². The molecule has 0 aliphatic carbocycles. The lowest BCUT2D eigenvalue weighted by atomic mass is 10.3. The van der Waals surface area contributed by atoms with Gasteiger partial charge in [-0.3, -0.25) is 4.79 Å². The monoisotopic (exact) mass is 437 g/mol. The molecule has 10 heteroatoms. The van der Waals surface area contributed by atoms with Gasteiger partial charge in [0.25, 0.3) is 5.91 Å². The van der Waals surface area contributed by atoms with E-state index in [-0.39, 0.29) is 37.0 Å². The van der Waals surface area contributed by atoms with E-state index in [0.717, 1.165) is 16.0 Å². The molecule has 6 nitrogen and oxygen atoms in total. The summed E-state index contributed by atoms with van der Waals surface area (Å²) in [6, 6.07) is 9.19. The number of nitrogens with zero attached hydrogens (tertiary/aromatic N) is 3. The highest BCUT2D eigenvalue weighted by Crippen LogP contribution is 2.28. The summed E-state index contributed by atoms with van der Waals surface area (Å²) in [5, 5.41) is 4.46. The molecule has 0 saturated carbocycles. The SMILES string of the molecule is O=C(c1csc(-c2cccs2)n1)N1CCN(S(=O)(=O)c2ccccc2F)CC1. The van der Waals surface area contributed by atoms with Crippen molar-refractivity contribution in [1.29, 1.82) is 0 Å². The zero-order chi connectivity index (χ0) is 19.7. The number of halogens is 1. The van der Waals surface area contributed by atoms with E-state index in [4.69, 9.17) is 0 Å². The maximum absolute atomic E-state index is 13.9. The Morgan fingerprint density at radius 3 is 2.46 bits per heavy atom. The molecule has 1 aromatic carbocycles. The molecule has 1 amide bonds. The van der Waals surface area contributed by atoms with E-state index < -0.39 is 15.8 Å². The number of rotatable bonds is 4. The number of hydrogen-bond acceptors (Lipinski definition) is 6. The number of aromatic nitrogens is 1. The molecule has 0 bridgehead atoms. The third kappa shape index (κ3) is 3.60. The highest BCUT2D eigenvalue weighted by Gasteiger charge is 2.32. The summed E-state index contributed by atoms with van der Waals surface area (Å²) in [5.74, 6) is -0.994. The van der Waals surface area contributed by atoms with E-state index >= 15 is 0 Å². The Hall–Kier alpha value is -2.14. The molecule has 0 unspecified atom stereocenters. The summed E-state index contributed by atoms with van der Waals surface area (Å²) in [6.45, 7) is 0.700. The summed E-state index contributed by atoms with van der Waals surface area (Å²) < 4.78 is 40.4. The van der Waals surface area contributed by atoms with Crippen LogP contribution in [0.3, 0.4) is 0 Å². The number of amides is 1. The van der Waals surface area contributed by atoms with Gasteiger partial charge in [-0.05, 0) is 23.6 Å². The van der Waals surface area contributed by atoms with Crippen molar-refractivity contribution in [2.24, 2.45) is 0 Å². The minimum absolute atomic E-state index is 0.115. The van der Waals surface area contributed by atoms with Crippen LogP contribution >= 0.6 is 22.7 Å². The second-order valence-corrected chi connectivity index (χ2v) is 9.85. The fraction of sp³-hybridized carbons (Fsp3) is 0.222. The molecule has 0 N–H and O–H groups in total. The van der Waals surface area contributed by atoms with Crippen LogP contribution in [0.4, 0.5) is 4.39 Å². The molecule has 1 aliphatic heterocycles. The molecule has 0 spiro atoms. The molecule has 1 aliphatic rings. The molecule has 28 heavy (non-hydrogen) atoms. The number of thiophene rings is 1. The van der Waals surface area contributed by atoms with Crippen molar-refractivity contribution in [3.63, 3.8) is 0 Å². The highest BCUT2D eigenvalue weighted by molar-refractivity contribution is 7.89. The fourth-order valence-corrected chi connectivity index (χ4v) is 6.07. The van der Waals surface area contributed by atoms with Gasteiger partial charge >= 0.3 is 0 Å². The van der Waals surface area contributed by atoms with Crippen molar-refractivity contribution in [2.75, 3.05) is 26.2 Å². The Morgan fingerprint density at radius 1 is 1.04 bits per heavy atom. The van der Waals surface area contributed by atoms with Crippen LogP contribution in [-0.4, -0.2) is 54.7 Å². The van der Waals surface area contributed by atoms with Gasteiger partial charge in [0.1, 0.15) is 21.4 Å². The van der Waals surface area contributed by atoms with E-state index in [1.807, 2.05) is 17.5 Å². The van der Waals surface area contributed by atoms with E-state index in [9.17, 15) is 17.6 Å². The predicted molar refractivity (Wildman–Crippen MR) is 106 cm³/mol. The summed E-state index contributed by atoms with van der Waals surface area (Å²) in [7, 11) is -3.92. The average Bonchev–Trinajstić information content (AvgIpc) is 3.39. The standard InChI is InChI=1S/C18H16FN3O3S3/c19-13-4-1-2-6-16(13)28(24,25)22-9-7-21(8-10-22)18(23)14-12-27-17(20-14)15-5-3-11-26-15/h1-6,11-12H,7-10H2. The first-order chi connectivity index (χ1) is 13.5. The molecule has 1 fully saturated rings. The second kappa shape index (κ2) is 7.70. The smallest absolute Gasteiger partial charge is 0.273 e. The first kappa shape index (κ1) is 19.2. The van der Waals surface area contributed by atoms with Crippen molar-refractivity contribution < 1.29 is 17.6 Å². The van der Waals surface area contributed by atoms with Crippen molar-refractivity contribution in [2.45, 2.75) is 4.90 Å². The Balaban J connectivity index is 1.44. The first-order valence-electron chi connectivity index (χ1n) is 8.50. The van der Waals surface area contributed by atoms with Gasteiger partial charge in [0, 0.05) is 31.6 Å². The van der Waals surface area contributed by atoms with Gasteiger partial charge in [-0.15, -0.1) is 22.7 Å². The molecule has 146 valence electrons. The fourth-order valence-electron chi connectivity index (χ4n) is 2.97. The van der Waals surface area contributed by atoms with Gasteiger partial charge in [-0.25, -0.2) is 17.8 Å². The second-order valence-electron chi connectivity index (χ2n) is 6.14. The minimum Gasteiger partial charge on any atom is -0.335 e. The third-order valence-electron chi connectivity index (χ3n) is 4.44. The summed E-state index contributed by atoms with van der Waals surface area (Å²) in [6.07, 6.45) is 0. The van der Waals surface area contributed by atoms with Crippen LogP contribution in [-0.2, 0) is 10.0 Å². The van der Waals surface area contributed by atoms with Crippen LogP contribution in [0.25, 0.3) is 9.88 Å². The summed E-state index contributed by atoms with van der Waals surface area (Å²) in [5.41, 5.74) is 0.360. The number of thiazole rings is 1. The molecule has 2 aromatic heterocycles. The van der Waals surface area contributed by atoms with Gasteiger partial charge in [0.15, 0.2) is 0 Å². The lowest BCUT2D eigenvalue weighted by Gasteiger charge is -2.33. The van der Waals surface area contributed by atoms with Crippen LogP contribution in [0.2, 0.25) is 0 Å². The number of benzene rings is 1. The number of sulfonamides is 1. The van der Waals surface area contributed by atoms with Gasteiger partial charge in [0.05, 0.1) is 4.88 Å². The van der Waals surface area contributed by atoms with Crippen molar-refractivity contribution in [1.82, 2.24) is 14.2 Å². The maximum atomic E-state index is 13.9. The van der Waals surface area contributed by atoms with Crippen molar-refractivity contribution >= 4 is 38.6 Å². The van der Waals surface area contributed by atoms with E-state index in [1.54, 1.807) is 21.6 Å². The molecule has 3 aromatic rings. The number of carbonyl (C=O) groups is 1. The number of piperazine rings is 1. The van der Waals surface area contributed by atoms with E-state index in [1.165, 1.54) is 33.8 Å². The summed E-state index contributed by atoms with van der Waals surface area (Å²) in [4.78, 5) is 19.4. The molecule has 3 heterocycles. The molecule has 4 rings (SSSR count). The first-order valence-corrected chi connectivity index (χ1v) is 11.7. The van der Waals surface area contributed by atoms with Gasteiger partial charge < -0.3 is 4.90 Å². The predicted octanol–water partition coefficient (Wildman–Crippen LogP) is 3.16. The zero-order valence-electron chi connectivity index (χ0n) is 14.6. The van der Waals surface area contributed by atoms with Crippen molar-refractivity contribution in [3.05, 3.63) is 58.7 Å². The van der Waals surface area contributed by atoms with Crippen LogP contribution < -0.4 is 0 Å². The quantitative estimate of drug-likeness (QED) is 0.629. The van der Waals surface area contributed by atoms with E-state index in [0.29, 0.717) is 5.69 Å². The van der Waals surface area contributed by atoms with Gasteiger partial charge in [0.2, 0.25) is 10.0 Å². The number of carbonyl (C=O) groups excluding carboxylic acids is 1. The molecule has 0 radical (unpaired) electrons. The van der Waals surface area contributed by atoms with Crippen LogP contribution in [0.15, 0.2) is 52.1 Å². The van der Waals surface area contributed by atoms with Crippen LogP contribution in [0.5, 0.6) is 0 Å². The summed E-state index contributed by atoms with van der Waals surface area (Å²) >= 11 is 2.96. The zero-order valence-corrected chi connectivity index (χ0v) is 17.1. The molecule has 1 saturated heterocycles. The average molecular weight is 438 g/mol. The number of hydrogen-bond donors (Lipinski definition) is 0. The molecular formula is C18H16FN3O3S3. The highest BCUT2D eigenvalue weighted by atomic mass is 32.2. The molecular weight excluding hydrogens is 421 g/mol. The van der Waals surface area contributed by atoms with Gasteiger partial charge in [-0.2, -0.15) is 4.31 Å². The minimum atomic E-state index is -3.92. The Bertz CT molecular complexity index is 1090. The largest absolute Gasteiger partial charge is 0.335 e. The van der Waals surface area contributed by atoms with E-state index in [2.05, 4.69) is 4.98 Å². The Labute approximate surface area is 169 Å². The topological polar surface area (TPSA) is 70.6 Å². The Kier molecular flexibility index (Phi) is 5.28. The van der Waals surface area contributed by atoms with Crippen molar-refractivity contribution in [3.8, 4) is 9.88 Å². The van der Waals surface area contributed by atoms with Crippen LogP contribution in [0, 0.1) is 5.82 Å². The normalized spacial score (nSPS) is 15.7.